The fourth-order valence-corrected chi connectivity index (χ4v) is 2.77. The van der Waals surface area contributed by atoms with Crippen LogP contribution < -0.4 is 19.9 Å². The summed E-state index contributed by atoms with van der Waals surface area (Å²) < 4.78 is 15.9. The first-order chi connectivity index (χ1) is 10.5. The molecule has 0 bridgehead atoms. The number of hydrogen-bond acceptors (Lipinski definition) is 5. The average molecular weight is 345 g/mol. The van der Waals surface area contributed by atoms with E-state index >= 15 is 0 Å². The van der Waals surface area contributed by atoms with Crippen LogP contribution in [0.3, 0.4) is 0 Å². The van der Waals surface area contributed by atoms with Crippen molar-refractivity contribution in [1.82, 2.24) is 4.90 Å². The van der Waals surface area contributed by atoms with Crippen LogP contribution in [-0.4, -0.2) is 51.3 Å². The van der Waals surface area contributed by atoms with Crippen LogP contribution in [-0.2, 0) is 0 Å². The van der Waals surface area contributed by atoms with E-state index in [1.165, 1.54) is 7.11 Å². The summed E-state index contributed by atoms with van der Waals surface area (Å²) in [6, 6.07) is 3.43. The summed E-state index contributed by atoms with van der Waals surface area (Å²) in [6.45, 7) is 3.37. The van der Waals surface area contributed by atoms with Gasteiger partial charge in [-0.2, -0.15) is 0 Å². The molecule has 2 rings (SSSR count). The number of ether oxygens (including phenoxy) is 3. The number of rotatable bonds is 5. The highest BCUT2D eigenvalue weighted by molar-refractivity contribution is 5.98. The van der Waals surface area contributed by atoms with Gasteiger partial charge in [0.2, 0.25) is 0 Å². The number of carbonyl (C=O) groups excluding carboxylic acids is 1. The topological polar surface area (TPSA) is 74.0 Å². The van der Waals surface area contributed by atoms with E-state index in [2.05, 4.69) is 0 Å². The van der Waals surface area contributed by atoms with Crippen LogP contribution in [0, 0.1) is 5.92 Å². The Balaban J connectivity index is 0.00000264. The molecule has 1 aromatic carbocycles. The van der Waals surface area contributed by atoms with Crippen molar-refractivity contribution in [1.29, 1.82) is 0 Å². The number of nitrogens with zero attached hydrogens (tertiary/aromatic N) is 1. The smallest absolute Gasteiger partial charge is 0.257 e. The van der Waals surface area contributed by atoms with Crippen molar-refractivity contribution in [3.05, 3.63) is 17.7 Å². The lowest BCUT2D eigenvalue weighted by Crippen LogP contribution is -2.33. The van der Waals surface area contributed by atoms with Crippen LogP contribution >= 0.6 is 12.4 Å². The lowest BCUT2D eigenvalue weighted by molar-refractivity contribution is 0.0782. The molecule has 0 radical (unpaired) electrons. The molecule has 7 heteroatoms. The van der Waals surface area contributed by atoms with Gasteiger partial charge in [-0.3, -0.25) is 4.79 Å². The van der Waals surface area contributed by atoms with Gasteiger partial charge in [0.1, 0.15) is 5.75 Å². The lowest BCUT2D eigenvalue weighted by atomic mass is 10.0. The molecular weight excluding hydrogens is 320 g/mol. The zero-order chi connectivity index (χ0) is 16.3. The van der Waals surface area contributed by atoms with Gasteiger partial charge in [0.25, 0.3) is 5.91 Å². The van der Waals surface area contributed by atoms with Crippen molar-refractivity contribution < 1.29 is 19.0 Å². The quantitative estimate of drug-likeness (QED) is 0.883. The number of methoxy groups -OCH3 is 3. The molecule has 2 unspecified atom stereocenters. The van der Waals surface area contributed by atoms with Crippen LogP contribution in [0.4, 0.5) is 0 Å². The molecule has 1 heterocycles. The lowest BCUT2D eigenvalue weighted by Gasteiger charge is -2.20. The number of likely N-dealkylation sites (tertiary alicyclic amines) is 1. The number of carbonyl (C=O) groups is 1. The number of nitrogens with two attached hydrogens (primary N) is 1. The Labute approximate surface area is 143 Å². The van der Waals surface area contributed by atoms with E-state index in [0.717, 1.165) is 6.42 Å². The maximum absolute atomic E-state index is 12.8. The first-order valence-electron chi connectivity index (χ1n) is 7.36. The third-order valence-electron chi connectivity index (χ3n) is 4.19. The molecule has 130 valence electrons. The second-order valence-electron chi connectivity index (χ2n) is 5.57. The molecule has 1 saturated heterocycles. The molecule has 1 aliphatic rings. The van der Waals surface area contributed by atoms with E-state index in [-0.39, 0.29) is 24.4 Å². The number of hydrogen-bond donors (Lipinski definition) is 1. The summed E-state index contributed by atoms with van der Waals surface area (Å²) in [6.07, 6.45) is 0.930. The van der Waals surface area contributed by atoms with E-state index in [1.807, 2.05) is 11.8 Å². The second-order valence-corrected chi connectivity index (χ2v) is 5.57. The van der Waals surface area contributed by atoms with Crippen LogP contribution in [0.2, 0.25) is 0 Å². The van der Waals surface area contributed by atoms with Gasteiger partial charge in [-0.25, -0.2) is 0 Å². The van der Waals surface area contributed by atoms with Crippen molar-refractivity contribution in [3.8, 4) is 17.2 Å². The van der Waals surface area contributed by atoms with Crippen LogP contribution in [0.5, 0.6) is 17.2 Å². The summed E-state index contributed by atoms with van der Waals surface area (Å²) in [5.41, 5.74) is 6.42. The highest BCUT2D eigenvalue weighted by Gasteiger charge is 2.31. The van der Waals surface area contributed by atoms with E-state index in [4.69, 9.17) is 19.9 Å². The molecule has 1 aromatic rings. The first-order valence-corrected chi connectivity index (χ1v) is 7.36. The Morgan fingerprint density at radius 3 is 2.22 bits per heavy atom. The highest BCUT2D eigenvalue weighted by Crippen LogP contribution is 2.35. The maximum atomic E-state index is 12.8. The minimum Gasteiger partial charge on any atom is -0.496 e. The fourth-order valence-electron chi connectivity index (χ4n) is 2.77. The second kappa shape index (κ2) is 8.26. The number of halogens is 1. The monoisotopic (exact) mass is 344 g/mol. The molecule has 1 aliphatic heterocycles. The van der Waals surface area contributed by atoms with Gasteiger partial charge in [-0.15, -0.1) is 12.4 Å². The average Bonchev–Trinajstić information content (AvgIpc) is 3.03. The predicted octanol–water partition coefficient (Wildman–Crippen LogP) is 1.94. The predicted molar refractivity (Wildman–Crippen MR) is 91.0 cm³/mol. The Bertz CT molecular complexity index is 551. The summed E-state index contributed by atoms with van der Waals surface area (Å²) in [7, 11) is 4.62. The molecule has 0 aromatic heterocycles. The Morgan fingerprint density at radius 1 is 1.17 bits per heavy atom. The summed E-state index contributed by atoms with van der Waals surface area (Å²) in [5.74, 6) is 1.79. The number of amides is 1. The third-order valence-corrected chi connectivity index (χ3v) is 4.19. The molecule has 1 amide bonds. The SMILES string of the molecule is COc1cc(OC)c(C(=O)N2CCC(C(C)N)C2)cc1OC.Cl. The van der Waals surface area contributed by atoms with Gasteiger partial charge in [0.15, 0.2) is 11.5 Å². The third kappa shape index (κ3) is 4.00. The molecule has 23 heavy (non-hydrogen) atoms. The van der Waals surface area contributed by atoms with Gasteiger partial charge in [0.05, 0.1) is 26.9 Å². The van der Waals surface area contributed by atoms with Crippen LogP contribution in [0.25, 0.3) is 0 Å². The molecule has 0 saturated carbocycles. The molecular formula is C16H25ClN2O4. The normalized spacial score (nSPS) is 18.1. The molecule has 0 spiro atoms. The fraction of sp³-hybridized carbons (Fsp3) is 0.562. The minimum absolute atomic E-state index is 0. The zero-order valence-electron chi connectivity index (χ0n) is 14.0. The molecule has 6 nitrogen and oxygen atoms in total. The molecule has 1 fully saturated rings. The standard InChI is InChI=1S/C16H24N2O4.ClH/c1-10(17)11-5-6-18(9-11)16(19)12-7-14(21-3)15(22-4)8-13(12)20-2;/h7-8,10-11H,5-6,9,17H2,1-4H3;1H. The zero-order valence-corrected chi connectivity index (χ0v) is 14.8. The van der Waals surface area contributed by atoms with E-state index < -0.39 is 0 Å². The van der Waals surface area contributed by atoms with E-state index in [0.29, 0.717) is 41.8 Å². The van der Waals surface area contributed by atoms with Gasteiger partial charge >= 0.3 is 0 Å². The number of benzene rings is 1. The van der Waals surface area contributed by atoms with Gasteiger partial charge in [-0.05, 0) is 19.3 Å². The van der Waals surface area contributed by atoms with Crippen LogP contribution in [0.1, 0.15) is 23.7 Å². The van der Waals surface area contributed by atoms with E-state index in [1.54, 1.807) is 26.4 Å². The van der Waals surface area contributed by atoms with Crippen molar-refractivity contribution in [2.45, 2.75) is 19.4 Å². The largest absolute Gasteiger partial charge is 0.496 e. The van der Waals surface area contributed by atoms with Gasteiger partial charge in [0, 0.05) is 31.3 Å². The minimum atomic E-state index is -0.0686. The Kier molecular flexibility index (Phi) is 6.97. The van der Waals surface area contributed by atoms with Crippen LogP contribution in [0.15, 0.2) is 12.1 Å². The van der Waals surface area contributed by atoms with Crippen molar-refractivity contribution in [2.75, 3.05) is 34.4 Å². The Hall–Kier alpha value is -1.66. The molecule has 2 atom stereocenters. The van der Waals surface area contributed by atoms with Gasteiger partial charge < -0.3 is 24.8 Å². The maximum Gasteiger partial charge on any atom is 0.257 e. The van der Waals surface area contributed by atoms with Gasteiger partial charge in [-0.1, -0.05) is 0 Å². The van der Waals surface area contributed by atoms with E-state index in [9.17, 15) is 4.79 Å². The summed E-state index contributed by atoms with van der Waals surface area (Å²) in [4.78, 5) is 14.6. The summed E-state index contributed by atoms with van der Waals surface area (Å²) >= 11 is 0. The summed E-state index contributed by atoms with van der Waals surface area (Å²) in [5, 5.41) is 0. The van der Waals surface area contributed by atoms with Crippen molar-refractivity contribution in [3.63, 3.8) is 0 Å². The van der Waals surface area contributed by atoms with Crippen molar-refractivity contribution >= 4 is 18.3 Å². The first kappa shape index (κ1) is 19.4. The molecule has 0 aliphatic carbocycles. The Morgan fingerprint density at radius 2 is 1.74 bits per heavy atom. The van der Waals surface area contributed by atoms with Crippen molar-refractivity contribution in [2.24, 2.45) is 11.7 Å². The molecule has 2 N–H and O–H groups in total. The highest BCUT2D eigenvalue weighted by atomic mass is 35.5.